The molecule has 2 aliphatic rings. The maximum absolute atomic E-state index is 6.91. The Morgan fingerprint density at radius 2 is 1.65 bits per heavy atom. The van der Waals surface area contributed by atoms with Crippen LogP contribution in [0.1, 0.15) is 93.4 Å². The van der Waals surface area contributed by atoms with Crippen LogP contribution in [-0.2, 0) is 6.42 Å². The summed E-state index contributed by atoms with van der Waals surface area (Å²) in [7, 11) is 4.50. The fraction of sp³-hybridized carbons (Fsp3) is 0.618. The van der Waals surface area contributed by atoms with Gasteiger partial charge in [0.15, 0.2) is 0 Å². The molecule has 3 aromatic rings. The minimum absolute atomic E-state index is 0.237. The second-order valence-electron chi connectivity index (χ2n) is 12.4. The van der Waals surface area contributed by atoms with Crippen LogP contribution in [0.2, 0.25) is 0 Å². The van der Waals surface area contributed by atoms with Crippen LogP contribution in [0.3, 0.4) is 0 Å². The van der Waals surface area contributed by atoms with E-state index in [-0.39, 0.29) is 6.04 Å². The summed E-state index contributed by atoms with van der Waals surface area (Å²) in [6, 6.07) is 16.1. The number of piperidine rings is 1. The molecule has 1 aromatic carbocycles. The van der Waals surface area contributed by atoms with Gasteiger partial charge in [-0.3, -0.25) is 4.90 Å². The molecule has 1 saturated carbocycles. The van der Waals surface area contributed by atoms with Gasteiger partial charge in [0, 0.05) is 30.4 Å². The summed E-state index contributed by atoms with van der Waals surface area (Å²) >= 11 is 1.91. The normalized spacial score (nSPS) is 23.6. The molecule has 0 spiro atoms. The first-order valence-corrected chi connectivity index (χ1v) is 16.6. The summed E-state index contributed by atoms with van der Waals surface area (Å²) in [6.07, 6.45) is 8.34. The number of oxazole rings is 1. The monoisotopic (exact) mass is 562 g/mol. The Morgan fingerprint density at radius 1 is 0.950 bits per heavy atom. The van der Waals surface area contributed by atoms with Crippen molar-refractivity contribution >= 4 is 17.2 Å². The van der Waals surface area contributed by atoms with E-state index in [1.54, 1.807) is 0 Å². The van der Waals surface area contributed by atoms with Gasteiger partial charge in [0.05, 0.1) is 6.04 Å². The average molecular weight is 563 g/mol. The number of aromatic nitrogens is 1. The largest absolute Gasteiger partial charge is 0.423 e. The van der Waals surface area contributed by atoms with Gasteiger partial charge in [-0.2, -0.15) is 0 Å². The van der Waals surface area contributed by atoms with Gasteiger partial charge < -0.3 is 14.2 Å². The van der Waals surface area contributed by atoms with Crippen molar-refractivity contribution in [2.75, 3.05) is 45.2 Å². The highest BCUT2D eigenvalue weighted by Crippen LogP contribution is 2.46. The van der Waals surface area contributed by atoms with E-state index in [0.29, 0.717) is 23.8 Å². The van der Waals surface area contributed by atoms with E-state index >= 15 is 0 Å². The lowest BCUT2D eigenvalue weighted by molar-refractivity contribution is 0.0744. The van der Waals surface area contributed by atoms with Crippen LogP contribution in [0.25, 0.3) is 0 Å². The van der Waals surface area contributed by atoms with Crippen LogP contribution in [0.5, 0.6) is 0 Å². The third kappa shape index (κ3) is 6.66. The summed E-state index contributed by atoms with van der Waals surface area (Å²) in [4.78, 5) is 14.4. The zero-order valence-electron chi connectivity index (χ0n) is 25.4. The number of benzene rings is 1. The number of anilines is 1. The Balaban J connectivity index is 1.42. The van der Waals surface area contributed by atoms with Crippen LogP contribution in [-0.4, -0.2) is 55.1 Å². The molecular formula is C34H50N4OS. The maximum Gasteiger partial charge on any atom is 0.220 e. The molecule has 0 bridgehead atoms. The predicted molar refractivity (Wildman–Crippen MR) is 168 cm³/mol. The van der Waals surface area contributed by atoms with E-state index in [4.69, 9.17) is 9.40 Å². The highest BCUT2D eigenvalue weighted by Gasteiger charge is 2.38. The Hall–Kier alpha value is -2.15. The highest BCUT2D eigenvalue weighted by molar-refractivity contribution is 7.10. The summed E-state index contributed by atoms with van der Waals surface area (Å²) in [5, 5.41) is 2.23. The minimum atomic E-state index is 0.237. The molecule has 1 aliphatic carbocycles. The lowest BCUT2D eigenvalue weighted by Gasteiger charge is -2.41. The Kier molecular flexibility index (Phi) is 10.0. The molecule has 218 valence electrons. The van der Waals surface area contributed by atoms with Crippen LogP contribution in [0, 0.1) is 17.8 Å². The Labute approximate surface area is 246 Å². The standard InChI is InChI=1S/C34H50N4OS/c1-6-37(7-2)32(28-19-17-27(18-20-28)31(36(4)5)30-16-12-22-40-30)33-35-29(23-26-14-9-8-10-15-26)34(39-33)38-21-11-13-25(3)24-38/h8-10,12,14-16,22,25,27-28,31-32H,6-7,11,13,17-21,23-24H2,1-5H3. The van der Waals surface area contributed by atoms with E-state index < -0.39 is 0 Å². The van der Waals surface area contributed by atoms with Gasteiger partial charge in [-0.05, 0) is 100 Å². The first-order valence-electron chi connectivity index (χ1n) is 15.7. The van der Waals surface area contributed by atoms with Gasteiger partial charge in [-0.15, -0.1) is 11.3 Å². The number of hydrogen-bond donors (Lipinski definition) is 0. The van der Waals surface area contributed by atoms with Gasteiger partial charge in [0.1, 0.15) is 5.69 Å². The number of rotatable bonds is 11. The molecule has 5 rings (SSSR count). The number of thiophene rings is 1. The first-order chi connectivity index (χ1) is 19.5. The summed E-state index contributed by atoms with van der Waals surface area (Å²) in [6.45, 7) is 11.1. The van der Waals surface area contributed by atoms with Crippen molar-refractivity contribution in [1.82, 2.24) is 14.8 Å². The maximum atomic E-state index is 6.91. The lowest BCUT2D eigenvalue weighted by Crippen LogP contribution is -2.37. The van der Waals surface area contributed by atoms with E-state index in [1.165, 1.54) is 49.0 Å². The fourth-order valence-corrected chi connectivity index (χ4v) is 8.44. The third-order valence-electron chi connectivity index (χ3n) is 9.41. The van der Waals surface area contributed by atoms with Crippen LogP contribution < -0.4 is 4.90 Å². The van der Waals surface area contributed by atoms with Crippen molar-refractivity contribution in [1.29, 1.82) is 0 Å². The van der Waals surface area contributed by atoms with E-state index in [2.05, 4.69) is 97.4 Å². The molecule has 0 amide bonds. The van der Waals surface area contributed by atoms with E-state index in [1.807, 2.05) is 11.3 Å². The molecule has 2 fully saturated rings. The third-order valence-corrected chi connectivity index (χ3v) is 10.4. The van der Waals surface area contributed by atoms with E-state index in [9.17, 15) is 0 Å². The zero-order chi connectivity index (χ0) is 28.1. The lowest BCUT2D eigenvalue weighted by atomic mass is 9.74. The van der Waals surface area contributed by atoms with Crippen molar-refractivity contribution in [2.45, 2.75) is 77.8 Å². The molecule has 0 N–H and O–H groups in total. The fourth-order valence-electron chi connectivity index (χ4n) is 7.43. The molecule has 6 heteroatoms. The summed E-state index contributed by atoms with van der Waals surface area (Å²) in [5.74, 6) is 3.94. The second-order valence-corrected chi connectivity index (χ2v) is 13.4. The minimum Gasteiger partial charge on any atom is -0.423 e. The smallest absolute Gasteiger partial charge is 0.220 e. The predicted octanol–water partition coefficient (Wildman–Crippen LogP) is 8.06. The molecule has 5 nitrogen and oxygen atoms in total. The molecule has 3 heterocycles. The van der Waals surface area contributed by atoms with Gasteiger partial charge >= 0.3 is 0 Å². The van der Waals surface area contributed by atoms with Crippen molar-refractivity contribution in [3.63, 3.8) is 0 Å². The Morgan fingerprint density at radius 3 is 2.25 bits per heavy atom. The molecule has 1 saturated heterocycles. The SMILES string of the molecule is CCN(CC)C(c1nc(Cc2ccccc2)c(N2CCCC(C)C2)o1)C1CCC(C(c2cccs2)N(C)C)CC1. The number of hydrogen-bond acceptors (Lipinski definition) is 6. The van der Waals surface area contributed by atoms with Gasteiger partial charge in [0.2, 0.25) is 11.8 Å². The average Bonchev–Trinajstić information content (AvgIpc) is 3.63. The summed E-state index contributed by atoms with van der Waals surface area (Å²) < 4.78 is 6.91. The molecule has 3 unspecified atom stereocenters. The van der Waals surface area contributed by atoms with Crippen molar-refractivity contribution < 1.29 is 4.42 Å². The van der Waals surface area contributed by atoms with Crippen LogP contribution in [0.15, 0.2) is 52.3 Å². The van der Waals surface area contributed by atoms with Crippen molar-refractivity contribution in [3.05, 3.63) is 69.9 Å². The molecule has 2 aromatic heterocycles. The van der Waals surface area contributed by atoms with Gasteiger partial charge in [-0.1, -0.05) is 57.2 Å². The van der Waals surface area contributed by atoms with E-state index in [0.717, 1.165) is 50.1 Å². The molecular weight excluding hydrogens is 512 g/mol. The second kappa shape index (κ2) is 13.7. The molecule has 40 heavy (non-hydrogen) atoms. The topological polar surface area (TPSA) is 35.8 Å². The molecule has 3 atom stereocenters. The van der Waals surface area contributed by atoms with Crippen LogP contribution in [0.4, 0.5) is 5.88 Å². The van der Waals surface area contributed by atoms with Gasteiger partial charge in [-0.25, -0.2) is 4.98 Å². The van der Waals surface area contributed by atoms with Gasteiger partial charge in [0.25, 0.3) is 0 Å². The van der Waals surface area contributed by atoms with Crippen molar-refractivity contribution in [3.8, 4) is 0 Å². The highest BCUT2D eigenvalue weighted by atomic mass is 32.1. The quantitative estimate of drug-likeness (QED) is 0.236. The number of nitrogens with zero attached hydrogens (tertiary/aromatic N) is 4. The zero-order valence-corrected chi connectivity index (χ0v) is 26.2. The molecule has 0 radical (unpaired) electrons. The first kappa shape index (κ1) is 29.3. The Bertz CT molecular complexity index is 1150. The summed E-state index contributed by atoms with van der Waals surface area (Å²) in [5.41, 5.74) is 2.42. The van der Waals surface area contributed by atoms with Crippen LogP contribution >= 0.6 is 11.3 Å². The van der Waals surface area contributed by atoms with Crippen molar-refractivity contribution in [2.24, 2.45) is 17.8 Å². The molecule has 1 aliphatic heterocycles.